The van der Waals surface area contributed by atoms with E-state index in [0.29, 0.717) is 50.6 Å². The van der Waals surface area contributed by atoms with E-state index in [1.165, 1.54) is 35.2 Å². The van der Waals surface area contributed by atoms with E-state index < -0.39 is 11.7 Å². The lowest BCUT2D eigenvalue weighted by atomic mass is 9.68. The first-order valence-electron chi connectivity index (χ1n) is 13.1. The number of aromatic nitrogens is 2. The smallest absolute Gasteiger partial charge is 0.234 e. The predicted molar refractivity (Wildman–Crippen MR) is 160 cm³/mol. The van der Waals surface area contributed by atoms with Crippen molar-refractivity contribution < 1.29 is 18.7 Å². The summed E-state index contributed by atoms with van der Waals surface area (Å²) >= 11 is 2.38. The zero-order chi connectivity index (χ0) is 30.2. The second kappa shape index (κ2) is 11.6. The monoisotopic (exact) mass is 604 g/mol. The first-order chi connectivity index (χ1) is 20.0. The SMILES string of the molecule is COc1ccccc1C1C(C#N)=C(N)N(c2nnc(SCC(=O)Nc3cc(F)ccc3C)s2)C2=C1C(=O)CC(C)(C)C2. The molecular weight excluding hydrogens is 576 g/mol. The van der Waals surface area contributed by atoms with Gasteiger partial charge in [-0.1, -0.05) is 61.2 Å². The van der Waals surface area contributed by atoms with Crippen molar-refractivity contribution in [3.05, 3.63) is 82.1 Å². The quantitative estimate of drug-likeness (QED) is 0.327. The molecule has 1 aliphatic carbocycles. The highest BCUT2D eigenvalue weighted by Gasteiger charge is 2.46. The number of para-hydroxylation sites is 1. The second-order valence-electron chi connectivity index (χ2n) is 10.9. The lowest BCUT2D eigenvalue weighted by Gasteiger charge is -2.42. The van der Waals surface area contributed by atoms with Crippen molar-refractivity contribution >= 4 is 45.6 Å². The van der Waals surface area contributed by atoms with E-state index in [1.54, 1.807) is 31.1 Å². The van der Waals surface area contributed by atoms with E-state index in [-0.39, 0.29) is 34.3 Å². The van der Waals surface area contributed by atoms with Crippen molar-refractivity contribution in [1.82, 2.24) is 10.2 Å². The number of carbonyl (C=O) groups is 2. The molecule has 0 saturated carbocycles. The van der Waals surface area contributed by atoms with Gasteiger partial charge in [-0.25, -0.2) is 4.39 Å². The number of nitrogens with zero attached hydrogens (tertiary/aromatic N) is 4. The van der Waals surface area contributed by atoms with Crippen LogP contribution in [0.2, 0.25) is 0 Å². The highest BCUT2D eigenvalue weighted by Crippen LogP contribution is 2.52. The Bertz CT molecular complexity index is 1690. The van der Waals surface area contributed by atoms with Crippen LogP contribution in [0.3, 0.4) is 0 Å². The van der Waals surface area contributed by atoms with Crippen molar-refractivity contribution in [2.45, 2.75) is 43.9 Å². The lowest BCUT2D eigenvalue weighted by Crippen LogP contribution is -2.42. The minimum atomic E-state index is -0.683. The molecule has 0 saturated heterocycles. The number of hydrogen-bond donors (Lipinski definition) is 2. The maximum Gasteiger partial charge on any atom is 0.234 e. The van der Waals surface area contributed by atoms with Gasteiger partial charge in [0, 0.05) is 28.9 Å². The Labute approximate surface area is 251 Å². The number of methoxy groups -OCH3 is 1. The number of carbonyl (C=O) groups excluding carboxylic acids is 2. The van der Waals surface area contributed by atoms with Crippen LogP contribution in [0, 0.1) is 29.5 Å². The van der Waals surface area contributed by atoms with Gasteiger partial charge in [-0.15, -0.1) is 10.2 Å². The summed E-state index contributed by atoms with van der Waals surface area (Å²) in [5.41, 5.74) is 9.59. The van der Waals surface area contributed by atoms with Crippen molar-refractivity contribution in [2.75, 3.05) is 23.1 Å². The third kappa shape index (κ3) is 5.62. The summed E-state index contributed by atoms with van der Waals surface area (Å²) in [7, 11) is 1.55. The second-order valence-corrected chi connectivity index (χ2v) is 13.0. The third-order valence-electron chi connectivity index (χ3n) is 7.22. The van der Waals surface area contributed by atoms with Gasteiger partial charge >= 0.3 is 0 Å². The number of anilines is 2. The van der Waals surface area contributed by atoms with Crippen LogP contribution in [-0.4, -0.2) is 34.8 Å². The van der Waals surface area contributed by atoms with E-state index >= 15 is 0 Å². The van der Waals surface area contributed by atoms with Crippen LogP contribution in [-0.2, 0) is 9.59 Å². The highest BCUT2D eigenvalue weighted by molar-refractivity contribution is 8.01. The Morgan fingerprint density at radius 2 is 2.05 bits per heavy atom. The number of hydrogen-bond acceptors (Lipinski definition) is 10. The van der Waals surface area contributed by atoms with Crippen molar-refractivity contribution in [2.24, 2.45) is 11.1 Å². The molecular formula is C30H29FN6O3S2. The Hall–Kier alpha value is -4.21. The van der Waals surface area contributed by atoms with Gasteiger partial charge in [0.2, 0.25) is 11.0 Å². The fraction of sp³-hybridized carbons (Fsp3) is 0.300. The highest BCUT2D eigenvalue weighted by atomic mass is 32.2. The first-order valence-corrected chi connectivity index (χ1v) is 14.9. The molecule has 0 radical (unpaired) electrons. The molecule has 1 atom stereocenters. The molecule has 1 unspecified atom stereocenters. The van der Waals surface area contributed by atoms with Gasteiger partial charge in [0.1, 0.15) is 17.4 Å². The number of Topliss-reactive ketones (excluding diaryl/α,β-unsaturated/α-hetero) is 1. The van der Waals surface area contributed by atoms with Crippen LogP contribution < -0.4 is 20.7 Å². The Morgan fingerprint density at radius 3 is 2.79 bits per heavy atom. The molecule has 9 nitrogen and oxygen atoms in total. The largest absolute Gasteiger partial charge is 0.496 e. The third-order valence-corrected chi connectivity index (χ3v) is 9.26. The van der Waals surface area contributed by atoms with Gasteiger partial charge in [-0.3, -0.25) is 14.5 Å². The molecule has 216 valence electrons. The summed E-state index contributed by atoms with van der Waals surface area (Å²) in [5, 5.41) is 22.0. The standard InChI is InChI=1S/C30H29FN6O3S2/c1-16-9-10-17(31)11-20(16)34-24(39)15-41-29-36-35-28(42-29)37-21-12-30(2,3)13-22(38)26(21)25(19(14-32)27(37)33)18-7-5-6-8-23(18)40-4/h5-11,25H,12-13,15,33H2,1-4H3,(H,34,39). The van der Waals surface area contributed by atoms with Gasteiger partial charge in [0.05, 0.1) is 30.4 Å². The molecule has 2 heterocycles. The molecule has 0 bridgehead atoms. The van der Waals surface area contributed by atoms with Crippen molar-refractivity contribution in [3.63, 3.8) is 0 Å². The lowest BCUT2D eigenvalue weighted by molar-refractivity contribution is -0.118. The number of rotatable bonds is 7. The normalized spacial score (nSPS) is 18.0. The number of ketones is 1. The molecule has 2 aliphatic rings. The van der Waals surface area contributed by atoms with Gasteiger partial charge in [0.25, 0.3) is 0 Å². The molecule has 2 aromatic carbocycles. The van der Waals surface area contributed by atoms with Crippen molar-refractivity contribution in [3.8, 4) is 11.8 Å². The van der Waals surface area contributed by atoms with E-state index in [2.05, 4.69) is 21.6 Å². The Morgan fingerprint density at radius 1 is 1.29 bits per heavy atom. The zero-order valence-electron chi connectivity index (χ0n) is 23.5. The van der Waals surface area contributed by atoms with Crippen LogP contribution in [0.4, 0.5) is 15.2 Å². The predicted octanol–water partition coefficient (Wildman–Crippen LogP) is 5.67. The molecule has 12 heteroatoms. The molecule has 3 aromatic rings. The van der Waals surface area contributed by atoms with E-state index in [9.17, 15) is 19.2 Å². The molecule has 42 heavy (non-hydrogen) atoms. The van der Waals surface area contributed by atoms with Crippen LogP contribution in [0.25, 0.3) is 0 Å². The number of amides is 1. The van der Waals surface area contributed by atoms with Gasteiger partial charge < -0.3 is 15.8 Å². The number of aryl methyl sites for hydroxylation is 1. The number of nitrogens with one attached hydrogen (secondary N) is 1. The van der Waals surface area contributed by atoms with Crippen LogP contribution in [0.5, 0.6) is 5.75 Å². The number of allylic oxidation sites excluding steroid dienone is 3. The fourth-order valence-corrected chi connectivity index (χ4v) is 7.02. The molecule has 0 fully saturated rings. The number of halogens is 1. The fourth-order valence-electron chi connectivity index (χ4n) is 5.34. The molecule has 0 spiro atoms. The topological polar surface area (TPSA) is 134 Å². The Kier molecular flexibility index (Phi) is 8.08. The van der Waals surface area contributed by atoms with Gasteiger partial charge in [-0.2, -0.15) is 5.26 Å². The summed E-state index contributed by atoms with van der Waals surface area (Å²) in [5.74, 6) is -0.754. The summed E-state index contributed by atoms with van der Waals surface area (Å²) in [4.78, 5) is 28.0. The molecule has 3 N–H and O–H groups in total. The number of ether oxygens (including phenoxy) is 1. The maximum absolute atomic E-state index is 13.7. The summed E-state index contributed by atoms with van der Waals surface area (Å²) < 4.78 is 19.7. The van der Waals surface area contributed by atoms with Crippen LogP contribution in [0.1, 0.15) is 43.7 Å². The number of nitriles is 1. The summed E-state index contributed by atoms with van der Waals surface area (Å²) in [6.45, 7) is 5.82. The first kappa shape index (κ1) is 29.3. The summed E-state index contributed by atoms with van der Waals surface area (Å²) in [6.07, 6.45) is 0.845. The minimum Gasteiger partial charge on any atom is -0.496 e. The Balaban J connectivity index is 1.48. The summed E-state index contributed by atoms with van der Waals surface area (Å²) in [6, 6.07) is 13.8. The molecule has 1 aromatic heterocycles. The van der Waals surface area contributed by atoms with Crippen molar-refractivity contribution in [1.29, 1.82) is 5.26 Å². The average molecular weight is 605 g/mol. The molecule has 1 aliphatic heterocycles. The van der Waals surface area contributed by atoms with Gasteiger partial charge in [-0.05, 0) is 42.5 Å². The molecule has 1 amide bonds. The number of benzene rings is 2. The average Bonchev–Trinajstić information content (AvgIpc) is 3.41. The maximum atomic E-state index is 13.7. The van der Waals surface area contributed by atoms with Crippen LogP contribution in [0.15, 0.2) is 69.5 Å². The number of thioether (sulfide) groups is 1. The van der Waals surface area contributed by atoms with E-state index in [4.69, 9.17) is 10.5 Å². The van der Waals surface area contributed by atoms with E-state index in [0.717, 1.165) is 5.56 Å². The minimum absolute atomic E-state index is 0.0225. The van der Waals surface area contributed by atoms with E-state index in [1.807, 2.05) is 32.0 Å². The number of nitrogens with two attached hydrogens (primary N) is 1. The zero-order valence-corrected chi connectivity index (χ0v) is 25.2. The van der Waals surface area contributed by atoms with Crippen LogP contribution >= 0.6 is 23.1 Å². The van der Waals surface area contributed by atoms with Gasteiger partial charge in [0.15, 0.2) is 10.1 Å². The molecule has 5 rings (SSSR count).